The van der Waals surface area contributed by atoms with Gasteiger partial charge in [0, 0.05) is 29.6 Å². The summed E-state index contributed by atoms with van der Waals surface area (Å²) in [6.45, 7) is 3.98. The van der Waals surface area contributed by atoms with Crippen molar-refractivity contribution in [2.24, 2.45) is 0 Å². The van der Waals surface area contributed by atoms with Crippen molar-refractivity contribution in [2.75, 3.05) is 17.4 Å². The Kier molecular flexibility index (Phi) is 12.0. The zero-order chi connectivity index (χ0) is 32.4. The third-order valence-electron chi connectivity index (χ3n) is 7.48. The van der Waals surface area contributed by atoms with Crippen LogP contribution in [-0.2, 0) is 32.6 Å². The number of nitrogens with one attached hydrogen (secondary N) is 1. The van der Waals surface area contributed by atoms with Gasteiger partial charge in [0.25, 0.3) is 10.0 Å². The first kappa shape index (κ1) is 34.0. The molecule has 0 unspecified atom stereocenters. The maximum Gasteiger partial charge on any atom is 0.264 e. The summed E-state index contributed by atoms with van der Waals surface area (Å²) < 4.78 is 29.2. The van der Waals surface area contributed by atoms with Crippen LogP contribution in [0.3, 0.4) is 0 Å². The molecule has 0 bridgehead atoms. The van der Waals surface area contributed by atoms with Crippen LogP contribution in [0, 0.1) is 6.92 Å². The average molecular weight is 667 g/mol. The number of halogens is 2. The molecule has 0 aromatic heterocycles. The second kappa shape index (κ2) is 15.9. The van der Waals surface area contributed by atoms with Gasteiger partial charge in [0.15, 0.2) is 0 Å². The van der Waals surface area contributed by atoms with Crippen molar-refractivity contribution in [2.45, 2.75) is 50.6 Å². The van der Waals surface area contributed by atoms with Crippen LogP contribution >= 0.6 is 23.2 Å². The topological polar surface area (TPSA) is 86.8 Å². The van der Waals surface area contributed by atoms with Crippen molar-refractivity contribution in [1.29, 1.82) is 0 Å². The Labute approximate surface area is 275 Å². The van der Waals surface area contributed by atoms with Crippen molar-refractivity contribution in [3.8, 4) is 0 Å². The normalized spacial score (nSPS) is 11.9. The molecule has 0 saturated heterocycles. The van der Waals surface area contributed by atoms with Gasteiger partial charge in [-0.15, -0.1) is 0 Å². The highest BCUT2D eigenvalue weighted by molar-refractivity contribution is 7.92. The molecule has 1 atom stereocenters. The number of anilines is 1. The highest BCUT2D eigenvalue weighted by atomic mass is 35.5. The van der Waals surface area contributed by atoms with E-state index in [9.17, 15) is 18.0 Å². The molecular formula is C35H37Cl2N3O4S. The van der Waals surface area contributed by atoms with E-state index in [2.05, 4.69) is 5.32 Å². The summed E-state index contributed by atoms with van der Waals surface area (Å²) in [4.78, 5) is 29.8. The molecule has 7 nitrogen and oxygen atoms in total. The molecule has 236 valence electrons. The zero-order valence-corrected chi connectivity index (χ0v) is 27.7. The van der Waals surface area contributed by atoms with Crippen LogP contribution in [0.1, 0.15) is 36.5 Å². The van der Waals surface area contributed by atoms with Gasteiger partial charge < -0.3 is 10.2 Å². The lowest BCUT2D eigenvalue weighted by Crippen LogP contribution is -2.53. The molecule has 0 saturated carbocycles. The van der Waals surface area contributed by atoms with Crippen molar-refractivity contribution < 1.29 is 18.0 Å². The van der Waals surface area contributed by atoms with Crippen LogP contribution in [0.2, 0.25) is 10.0 Å². The fourth-order valence-electron chi connectivity index (χ4n) is 4.92. The molecule has 2 amide bonds. The van der Waals surface area contributed by atoms with Gasteiger partial charge in [0.1, 0.15) is 12.6 Å². The number of hydrogen-bond donors (Lipinski definition) is 1. The molecule has 0 aliphatic rings. The third kappa shape index (κ3) is 9.10. The number of unbranched alkanes of at least 4 members (excludes halogenated alkanes) is 1. The van der Waals surface area contributed by atoms with Gasteiger partial charge in [-0.05, 0) is 72.5 Å². The van der Waals surface area contributed by atoms with Crippen molar-refractivity contribution in [3.05, 3.63) is 130 Å². The molecular weight excluding hydrogens is 629 g/mol. The lowest BCUT2D eigenvalue weighted by atomic mass is 10.0. The minimum Gasteiger partial charge on any atom is -0.354 e. The van der Waals surface area contributed by atoms with Gasteiger partial charge in [0.2, 0.25) is 11.8 Å². The summed E-state index contributed by atoms with van der Waals surface area (Å²) >= 11 is 12.3. The quantitative estimate of drug-likeness (QED) is 0.146. The van der Waals surface area contributed by atoms with E-state index >= 15 is 0 Å². The van der Waals surface area contributed by atoms with Crippen LogP contribution in [0.15, 0.2) is 108 Å². The van der Waals surface area contributed by atoms with Gasteiger partial charge in [0.05, 0.1) is 10.6 Å². The number of aryl methyl sites for hydroxylation is 1. The summed E-state index contributed by atoms with van der Waals surface area (Å²) in [5.74, 6) is -0.841. The Morgan fingerprint density at radius 2 is 1.53 bits per heavy atom. The third-order valence-corrected chi connectivity index (χ3v) is 9.75. The van der Waals surface area contributed by atoms with Crippen molar-refractivity contribution in [1.82, 2.24) is 10.2 Å². The molecule has 45 heavy (non-hydrogen) atoms. The Balaban J connectivity index is 1.80. The summed E-state index contributed by atoms with van der Waals surface area (Å²) in [6.07, 6.45) is 1.93. The molecule has 0 spiro atoms. The lowest BCUT2D eigenvalue weighted by molar-refractivity contribution is -0.140. The van der Waals surface area contributed by atoms with E-state index < -0.39 is 28.5 Å². The molecule has 0 fully saturated rings. The number of nitrogens with zero attached hydrogens (tertiary/aromatic N) is 2. The standard InChI is InChI=1S/C35H37Cl2N3O4S/c1-3-4-21-38-35(42)33(22-27-12-6-5-7-13-27)39(24-28-14-9-8-11-26(28)2)34(41)25-40(31-16-10-15-30(37)23-31)45(43,44)32-19-17-29(36)18-20-32/h5-20,23,33H,3-4,21-22,24-25H2,1-2H3,(H,38,42)/t33-/m1/s1. The number of amides is 2. The number of carbonyl (C=O) groups excluding carboxylic acids is 2. The van der Waals surface area contributed by atoms with Crippen molar-refractivity contribution in [3.63, 3.8) is 0 Å². The highest BCUT2D eigenvalue weighted by Gasteiger charge is 2.34. The van der Waals surface area contributed by atoms with Crippen LogP contribution in [-0.4, -0.2) is 44.3 Å². The maximum absolute atomic E-state index is 14.5. The van der Waals surface area contributed by atoms with Gasteiger partial charge in [-0.2, -0.15) is 0 Å². The monoisotopic (exact) mass is 665 g/mol. The lowest BCUT2D eigenvalue weighted by Gasteiger charge is -2.34. The molecule has 0 aliphatic heterocycles. The van der Waals surface area contributed by atoms with E-state index in [-0.39, 0.29) is 29.5 Å². The minimum absolute atomic E-state index is 0.0386. The number of hydrogen-bond acceptors (Lipinski definition) is 4. The Hall–Kier alpha value is -3.85. The van der Waals surface area contributed by atoms with Gasteiger partial charge >= 0.3 is 0 Å². The molecule has 0 heterocycles. The number of benzene rings is 4. The highest BCUT2D eigenvalue weighted by Crippen LogP contribution is 2.28. The predicted octanol–water partition coefficient (Wildman–Crippen LogP) is 7.05. The van der Waals surface area contributed by atoms with E-state index in [1.807, 2.05) is 68.4 Å². The van der Waals surface area contributed by atoms with Crippen LogP contribution in [0.4, 0.5) is 5.69 Å². The first-order valence-electron chi connectivity index (χ1n) is 14.8. The Morgan fingerprint density at radius 3 is 2.20 bits per heavy atom. The van der Waals surface area contributed by atoms with E-state index in [0.29, 0.717) is 16.6 Å². The van der Waals surface area contributed by atoms with E-state index in [4.69, 9.17) is 23.2 Å². The molecule has 0 aliphatic carbocycles. The summed E-state index contributed by atoms with van der Waals surface area (Å²) in [6, 6.07) is 28.3. The predicted molar refractivity (Wildman–Crippen MR) is 181 cm³/mol. The van der Waals surface area contributed by atoms with E-state index in [1.165, 1.54) is 35.2 Å². The first-order chi connectivity index (χ1) is 21.6. The Morgan fingerprint density at radius 1 is 0.844 bits per heavy atom. The molecule has 4 aromatic carbocycles. The van der Waals surface area contributed by atoms with E-state index in [1.54, 1.807) is 18.2 Å². The molecule has 0 radical (unpaired) electrons. The molecule has 4 aromatic rings. The van der Waals surface area contributed by atoms with Crippen LogP contribution < -0.4 is 9.62 Å². The van der Waals surface area contributed by atoms with Gasteiger partial charge in [-0.1, -0.05) is 97.2 Å². The summed E-state index contributed by atoms with van der Waals surface area (Å²) in [7, 11) is -4.25. The molecule has 4 rings (SSSR count). The van der Waals surface area contributed by atoms with E-state index in [0.717, 1.165) is 33.8 Å². The summed E-state index contributed by atoms with van der Waals surface area (Å²) in [5, 5.41) is 3.69. The average Bonchev–Trinajstić information content (AvgIpc) is 3.03. The fourth-order valence-corrected chi connectivity index (χ4v) is 6.64. The number of sulfonamides is 1. The van der Waals surface area contributed by atoms with Crippen LogP contribution in [0.5, 0.6) is 0 Å². The minimum atomic E-state index is -4.25. The number of carbonyl (C=O) groups is 2. The van der Waals surface area contributed by atoms with Gasteiger partial charge in [-0.3, -0.25) is 13.9 Å². The van der Waals surface area contributed by atoms with Crippen LogP contribution in [0.25, 0.3) is 0 Å². The largest absolute Gasteiger partial charge is 0.354 e. The maximum atomic E-state index is 14.5. The fraction of sp³-hybridized carbons (Fsp3) is 0.257. The smallest absolute Gasteiger partial charge is 0.264 e. The van der Waals surface area contributed by atoms with Crippen molar-refractivity contribution >= 4 is 50.7 Å². The number of rotatable bonds is 14. The second-order valence-electron chi connectivity index (χ2n) is 10.7. The zero-order valence-electron chi connectivity index (χ0n) is 25.3. The molecule has 1 N–H and O–H groups in total. The second-order valence-corrected chi connectivity index (χ2v) is 13.5. The SMILES string of the molecule is CCCCNC(=O)[C@@H](Cc1ccccc1)N(Cc1ccccc1C)C(=O)CN(c1cccc(Cl)c1)S(=O)(=O)c1ccc(Cl)cc1. The molecule has 10 heteroatoms. The summed E-state index contributed by atoms with van der Waals surface area (Å²) in [5.41, 5.74) is 2.88. The Bertz CT molecular complexity index is 1700. The van der Waals surface area contributed by atoms with Gasteiger partial charge in [-0.25, -0.2) is 8.42 Å². The first-order valence-corrected chi connectivity index (χ1v) is 17.0.